The van der Waals surface area contributed by atoms with E-state index in [1.165, 1.54) is 25.0 Å². The topological polar surface area (TPSA) is 3.24 Å². The summed E-state index contributed by atoms with van der Waals surface area (Å²) < 4.78 is 12.9. The van der Waals surface area contributed by atoms with Crippen molar-refractivity contribution in [2.45, 2.75) is 12.8 Å². The Kier molecular flexibility index (Phi) is 2.96. The molecule has 0 atom stereocenters. The Labute approximate surface area is 94.2 Å². The second kappa shape index (κ2) is 4.23. The normalized spacial score (nSPS) is 15.7. The average Bonchev–Trinajstić information content (AvgIpc) is 2.69. The van der Waals surface area contributed by atoms with Crippen molar-refractivity contribution in [2.75, 3.05) is 13.1 Å². The summed E-state index contributed by atoms with van der Waals surface area (Å²) in [6.45, 7) is 6.06. The van der Waals surface area contributed by atoms with Crippen LogP contribution in [0, 0.1) is 5.82 Å². The van der Waals surface area contributed by atoms with E-state index in [-0.39, 0.29) is 5.82 Å². The molecule has 0 saturated carbocycles. The van der Waals surface area contributed by atoms with Gasteiger partial charge in [0.1, 0.15) is 5.82 Å². The smallest absolute Gasteiger partial charge is 0.124 e. The lowest BCUT2D eigenvalue weighted by Crippen LogP contribution is -2.16. The minimum atomic E-state index is -0.307. The summed E-state index contributed by atoms with van der Waals surface area (Å²) in [6, 6.07) is 4.44. The van der Waals surface area contributed by atoms with Gasteiger partial charge in [0.2, 0.25) is 0 Å². The molecule has 80 valence electrons. The third-order valence-electron chi connectivity index (χ3n) is 2.73. The Morgan fingerprint density at radius 2 is 2.00 bits per heavy atom. The third kappa shape index (κ3) is 2.15. The summed E-state index contributed by atoms with van der Waals surface area (Å²) in [6.07, 6.45) is 2.38. The molecule has 15 heavy (non-hydrogen) atoms. The highest BCUT2D eigenvalue weighted by Crippen LogP contribution is 2.28. The van der Waals surface area contributed by atoms with Gasteiger partial charge in [-0.15, -0.1) is 0 Å². The molecule has 0 spiro atoms. The molecular weight excluding hydrogens is 213 g/mol. The maximum absolute atomic E-state index is 12.9. The van der Waals surface area contributed by atoms with E-state index in [4.69, 9.17) is 11.6 Å². The lowest BCUT2D eigenvalue weighted by atomic mass is 10.1. The number of nitrogens with zero attached hydrogens (tertiary/aromatic N) is 1. The van der Waals surface area contributed by atoms with Crippen LogP contribution in [0.4, 0.5) is 4.39 Å². The maximum atomic E-state index is 12.9. The first-order valence-corrected chi connectivity index (χ1v) is 5.45. The Balaban J connectivity index is 2.24. The minimum Gasteiger partial charge on any atom is -0.371 e. The molecule has 1 saturated heterocycles. The molecular formula is C12H13ClFN. The number of likely N-dealkylation sites (tertiary alicyclic amines) is 1. The molecule has 0 radical (unpaired) electrons. The van der Waals surface area contributed by atoms with Crippen LogP contribution in [-0.4, -0.2) is 18.0 Å². The van der Waals surface area contributed by atoms with Gasteiger partial charge >= 0.3 is 0 Å². The number of benzene rings is 1. The molecule has 1 aliphatic heterocycles. The summed E-state index contributed by atoms with van der Waals surface area (Å²) in [4.78, 5) is 2.19. The zero-order chi connectivity index (χ0) is 10.8. The second-order valence-corrected chi connectivity index (χ2v) is 4.17. The minimum absolute atomic E-state index is 0.307. The van der Waals surface area contributed by atoms with Crippen LogP contribution < -0.4 is 0 Å². The monoisotopic (exact) mass is 225 g/mol. The SMILES string of the molecule is C=C(c1ccc(F)cc1Cl)N1CCCC1. The van der Waals surface area contributed by atoms with E-state index in [1.807, 2.05) is 0 Å². The van der Waals surface area contributed by atoms with E-state index in [1.54, 1.807) is 6.07 Å². The van der Waals surface area contributed by atoms with Crippen molar-refractivity contribution in [2.24, 2.45) is 0 Å². The number of hydrogen-bond donors (Lipinski definition) is 0. The highest BCUT2D eigenvalue weighted by Gasteiger charge is 2.16. The van der Waals surface area contributed by atoms with Gasteiger partial charge < -0.3 is 4.90 Å². The third-order valence-corrected chi connectivity index (χ3v) is 3.04. The Morgan fingerprint density at radius 3 is 2.60 bits per heavy atom. The first-order chi connectivity index (χ1) is 7.18. The van der Waals surface area contributed by atoms with E-state index in [0.717, 1.165) is 24.4 Å². The molecule has 1 aliphatic rings. The van der Waals surface area contributed by atoms with Crippen LogP contribution in [0.1, 0.15) is 18.4 Å². The summed E-state index contributed by atoms with van der Waals surface area (Å²) in [5.41, 5.74) is 1.73. The van der Waals surface area contributed by atoms with Gasteiger partial charge in [0, 0.05) is 24.4 Å². The Bertz CT molecular complexity index is 383. The standard InChI is InChI=1S/C12H13ClFN/c1-9(15-6-2-3-7-15)11-5-4-10(14)8-12(11)13/h4-5,8H,1-3,6-7H2. The van der Waals surface area contributed by atoms with Crippen LogP contribution in [0.5, 0.6) is 0 Å². The van der Waals surface area contributed by atoms with E-state index in [2.05, 4.69) is 11.5 Å². The first-order valence-electron chi connectivity index (χ1n) is 5.08. The number of hydrogen-bond acceptors (Lipinski definition) is 1. The molecule has 0 aromatic heterocycles. The van der Waals surface area contributed by atoms with E-state index in [9.17, 15) is 4.39 Å². The van der Waals surface area contributed by atoms with Crippen LogP contribution in [0.2, 0.25) is 5.02 Å². The summed E-state index contributed by atoms with van der Waals surface area (Å²) in [7, 11) is 0. The van der Waals surface area contributed by atoms with Gasteiger partial charge in [-0.1, -0.05) is 18.2 Å². The quantitative estimate of drug-likeness (QED) is 0.744. The van der Waals surface area contributed by atoms with Gasteiger partial charge in [0.25, 0.3) is 0 Å². The molecule has 0 amide bonds. The van der Waals surface area contributed by atoms with Gasteiger partial charge in [-0.3, -0.25) is 0 Å². The molecule has 0 bridgehead atoms. The van der Waals surface area contributed by atoms with Crippen molar-refractivity contribution in [3.63, 3.8) is 0 Å². The van der Waals surface area contributed by atoms with E-state index in [0.29, 0.717) is 5.02 Å². The van der Waals surface area contributed by atoms with Gasteiger partial charge in [-0.2, -0.15) is 0 Å². The lowest BCUT2D eigenvalue weighted by Gasteiger charge is -2.21. The number of rotatable bonds is 2. The second-order valence-electron chi connectivity index (χ2n) is 3.77. The zero-order valence-corrected chi connectivity index (χ0v) is 9.23. The van der Waals surface area contributed by atoms with E-state index < -0.39 is 0 Å². The molecule has 0 aliphatic carbocycles. The molecule has 2 rings (SSSR count). The van der Waals surface area contributed by atoms with Crippen LogP contribution >= 0.6 is 11.6 Å². The highest BCUT2D eigenvalue weighted by molar-refractivity contribution is 6.32. The van der Waals surface area contributed by atoms with Crippen molar-refractivity contribution < 1.29 is 4.39 Å². The average molecular weight is 226 g/mol. The Morgan fingerprint density at radius 1 is 1.33 bits per heavy atom. The fourth-order valence-corrected chi connectivity index (χ4v) is 2.16. The lowest BCUT2D eigenvalue weighted by molar-refractivity contribution is 0.494. The van der Waals surface area contributed by atoms with Crippen LogP contribution in [0.15, 0.2) is 24.8 Å². The molecule has 1 aromatic carbocycles. The van der Waals surface area contributed by atoms with E-state index >= 15 is 0 Å². The predicted molar refractivity (Wildman–Crippen MR) is 61.3 cm³/mol. The van der Waals surface area contributed by atoms with Gasteiger partial charge in [-0.05, 0) is 31.0 Å². The van der Waals surface area contributed by atoms with Gasteiger partial charge in [-0.25, -0.2) is 4.39 Å². The molecule has 0 N–H and O–H groups in total. The van der Waals surface area contributed by atoms with Crippen molar-refractivity contribution in [1.82, 2.24) is 4.90 Å². The van der Waals surface area contributed by atoms with Crippen molar-refractivity contribution in [3.05, 3.63) is 41.2 Å². The molecule has 1 aromatic rings. The largest absolute Gasteiger partial charge is 0.371 e. The van der Waals surface area contributed by atoms with Crippen molar-refractivity contribution in [3.8, 4) is 0 Å². The highest BCUT2D eigenvalue weighted by atomic mass is 35.5. The number of halogens is 2. The summed E-state index contributed by atoms with van der Waals surface area (Å²) in [5.74, 6) is -0.307. The van der Waals surface area contributed by atoms with Crippen molar-refractivity contribution >= 4 is 17.3 Å². The first kappa shape index (κ1) is 10.5. The van der Waals surface area contributed by atoms with Gasteiger partial charge in [0.05, 0.1) is 5.02 Å². The summed E-state index contributed by atoms with van der Waals surface area (Å²) >= 11 is 5.98. The maximum Gasteiger partial charge on any atom is 0.124 e. The fraction of sp³-hybridized carbons (Fsp3) is 0.333. The fourth-order valence-electron chi connectivity index (χ4n) is 1.88. The van der Waals surface area contributed by atoms with Crippen LogP contribution in [-0.2, 0) is 0 Å². The predicted octanol–water partition coefficient (Wildman–Crippen LogP) is 3.55. The molecule has 1 nitrogen and oxygen atoms in total. The summed E-state index contributed by atoms with van der Waals surface area (Å²) in [5, 5.41) is 0.437. The molecule has 3 heteroatoms. The molecule has 1 fully saturated rings. The van der Waals surface area contributed by atoms with Crippen LogP contribution in [0.3, 0.4) is 0 Å². The molecule has 1 heterocycles. The van der Waals surface area contributed by atoms with Crippen LogP contribution in [0.25, 0.3) is 5.70 Å². The molecule has 0 unspecified atom stereocenters. The zero-order valence-electron chi connectivity index (χ0n) is 8.47. The van der Waals surface area contributed by atoms with Gasteiger partial charge in [0.15, 0.2) is 0 Å². The van der Waals surface area contributed by atoms with Crippen molar-refractivity contribution in [1.29, 1.82) is 0 Å². The Hall–Kier alpha value is -1.02.